The second kappa shape index (κ2) is 8.46. The van der Waals surface area contributed by atoms with E-state index in [-0.39, 0.29) is 5.78 Å². The molecular formula is C29H32N2O. The molecule has 3 nitrogen and oxygen atoms in total. The molecule has 0 aliphatic rings. The summed E-state index contributed by atoms with van der Waals surface area (Å²) in [6, 6.07) is 16.9. The highest BCUT2D eigenvalue weighted by Gasteiger charge is 2.20. The quantitative estimate of drug-likeness (QED) is 0.240. The number of ketones is 1. The highest BCUT2D eigenvalue weighted by atomic mass is 16.1. The first-order chi connectivity index (χ1) is 15.2. The van der Waals surface area contributed by atoms with Crippen molar-refractivity contribution in [3.63, 3.8) is 0 Å². The molecule has 2 heterocycles. The predicted octanol–water partition coefficient (Wildman–Crippen LogP) is 8.02. The maximum absolute atomic E-state index is 12.0. The van der Waals surface area contributed by atoms with Gasteiger partial charge in [0.15, 0.2) is 5.78 Å². The molecule has 2 aromatic heterocycles. The fourth-order valence-corrected chi connectivity index (χ4v) is 4.35. The molecule has 0 saturated carbocycles. The van der Waals surface area contributed by atoms with E-state index in [1.807, 2.05) is 12.1 Å². The lowest BCUT2D eigenvalue weighted by molar-refractivity contribution is 0.101. The van der Waals surface area contributed by atoms with Crippen molar-refractivity contribution in [1.29, 1.82) is 0 Å². The molecule has 0 fully saturated rings. The van der Waals surface area contributed by atoms with Crippen molar-refractivity contribution in [3.8, 4) is 11.3 Å². The van der Waals surface area contributed by atoms with Crippen LogP contribution in [0.1, 0.15) is 93.4 Å². The maximum atomic E-state index is 12.0. The number of hydrogen-bond acceptors (Lipinski definition) is 3. The SMILES string of the molecule is CC(=O)c1ccc2ccc3ccc(-c4c(C(C)C)cc(C(C)C)cc4C(C)C)nc3c2n1. The number of hydrogen-bond donors (Lipinski definition) is 0. The van der Waals surface area contributed by atoms with Crippen LogP contribution in [0, 0.1) is 0 Å². The van der Waals surface area contributed by atoms with E-state index in [1.54, 1.807) is 13.0 Å². The van der Waals surface area contributed by atoms with E-state index in [1.165, 1.54) is 22.3 Å². The smallest absolute Gasteiger partial charge is 0.178 e. The minimum atomic E-state index is -0.0338. The molecule has 0 amide bonds. The van der Waals surface area contributed by atoms with Gasteiger partial charge in [-0.1, -0.05) is 77.9 Å². The van der Waals surface area contributed by atoms with Gasteiger partial charge in [0, 0.05) is 23.3 Å². The molecule has 0 atom stereocenters. The van der Waals surface area contributed by atoms with Crippen LogP contribution in [-0.4, -0.2) is 15.8 Å². The molecule has 0 spiro atoms. The average molecular weight is 425 g/mol. The van der Waals surface area contributed by atoms with Crippen LogP contribution in [0.5, 0.6) is 0 Å². The summed E-state index contributed by atoms with van der Waals surface area (Å²) in [6.45, 7) is 15.1. The van der Waals surface area contributed by atoms with Gasteiger partial charge in [-0.15, -0.1) is 0 Å². The van der Waals surface area contributed by atoms with Crippen molar-refractivity contribution in [1.82, 2.24) is 9.97 Å². The summed E-state index contributed by atoms with van der Waals surface area (Å²) in [5, 5.41) is 2.03. The van der Waals surface area contributed by atoms with Crippen LogP contribution in [0.4, 0.5) is 0 Å². The molecule has 0 aliphatic carbocycles. The number of rotatable bonds is 5. The van der Waals surface area contributed by atoms with Crippen LogP contribution in [0.2, 0.25) is 0 Å². The van der Waals surface area contributed by atoms with Crippen LogP contribution in [0.15, 0.2) is 48.5 Å². The lowest BCUT2D eigenvalue weighted by Gasteiger charge is -2.23. The summed E-state index contributed by atoms with van der Waals surface area (Å²) >= 11 is 0. The second-order valence-electron chi connectivity index (χ2n) is 9.70. The fourth-order valence-electron chi connectivity index (χ4n) is 4.35. The van der Waals surface area contributed by atoms with Gasteiger partial charge in [-0.25, -0.2) is 9.97 Å². The first-order valence-electron chi connectivity index (χ1n) is 11.6. The van der Waals surface area contributed by atoms with Crippen molar-refractivity contribution >= 4 is 27.6 Å². The van der Waals surface area contributed by atoms with Crippen LogP contribution in [0.25, 0.3) is 33.1 Å². The Balaban J connectivity index is 2.06. The molecule has 4 aromatic rings. The third kappa shape index (κ3) is 3.92. The van der Waals surface area contributed by atoms with Gasteiger partial charge in [0.1, 0.15) is 5.69 Å². The van der Waals surface area contributed by atoms with Crippen LogP contribution in [0.3, 0.4) is 0 Å². The van der Waals surface area contributed by atoms with Gasteiger partial charge in [0.25, 0.3) is 0 Å². The molecule has 32 heavy (non-hydrogen) atoms. The number of benzene rings is 2. The van der Waals surface area contributed by atoms with Crippen molar-refractivity contribution in [2.75, 3.05) is 0 Å². The van der Waals surface area contributed by atoms with Gasteiger partial charge in [-0.3, -0.25) is 4.79 Å². The molecule has 0 bridgehead atoms. The topological polar surface area (TPSA) is 42.9 Å². The Kier molecular flexibility index (Phi) is 5.85. The fraction of sp³-hybridized carbons (Fsp3) is 0.345. The Morgan fingerprint density at radius 3 is 1.69 bits per heavy atom. The van der Waals surface area contributed by atoms with Crippen molar-refractivity contribution < 1.29 is 4.79 Å². The van der Waals surface area contributed by atoms with Crippen LogP contribution in [-0.2, 0) is 0 Å². The summed E-state index contributed by atoms with van der Waals surface area (Å²) in [6.07, 6.45) is 0. The van der Waals surface area contributed by atoms with Crippen molar-refractivity contribution in [2.24, 2.45) is 0 Å². The molecule has 0 radical (unpaired) electrons. The number of fused-ring (bicyclic) bond motifs is 3. The van der Waals surface area contributed by atoms with Crippen LogP contribution < -0.4 is 0 Å². The van der Waals surface area contributed by atoms with Crippen molar-refractivity contribution in [3.05, 3.63) is 70.9 Å². The minimum Gasteiger partial charge on any atom is -0.293 e. The summed E-state index contributed by atoms with van der Waals surface area (Å²) in [4.78, 5) is 21.8. The zero-order valence-corrected chi connectivity index (χ0v) is 20.2. The van der Waals surface area contributed by atoms with E-state index < -0.39 is 0 Å². The maximum Gasteiger partial charge on any atom is 0.178 e. The van der Waals surface area contributed by atoms with E-state index >= 15 is 0 Å². The first-order valence-corrected chi connectivity index (χ1v) is 11.6. The molecule has 2 aromatic carbocycles. The van der Waals surface area contributed by atoms with E-state index in [4.69, 9.17) is 4.98 Å². The average Bonchev–Trinajstić information content (AvgIpc) is 2.77. The molecule has 0 unspecified atom stereocenters. The minimum absolute atomic E-state index is 0.0338. The molecule has 4 rings (SSSR count). The number of nitrogens with zero attached hydrogens (tertiary/aromatic N) is 2. The van der Waals surface area contributed by atoms with Gasteiger partial charge >= 0.3 is 0 Å². The zero-order valence-electron chi connectivity index (χ0n) is 20.2. The van der Waals surface area contributed by atoms with Crippen LogP contribution >= 0.6 is 0 Å². The number of Topliss-reactive ketones (excluding diaryl/α,β-unsaturated/α-hetero) is 1. The summed E-state index contributed by atoms with van der Waals surface area (Å²) in [5.74, 6) is 1.21. The summed E-state index contributed by atoms with van der Waals surface area (Å²) < 4.78 is 0. The van der Waals surface area contributed by atoms with E-state index in [0.717, 1.165) is 27.5 Å². The largest absolute Gasteiger partial charge is 0.293 e. The van der Waals surface area contributed by atoms with Gasteiger partial charge in [-0.05, 0) is 46.6 Å². The normalized spacial score (nSPS) is 11.9. The number of carbonyl (C=O) groups is 1. The summed E-state index contributed by atoms with van der Waals surface area (Å²) in [7, 11) is 0. The molecule has 3 heteroatoms. The number of aromatic nitrogens is 2. The lowest BCUT2D eigenvalue weighted by atomic mass is 9.83. The summed E-state index contributed by atoms with van der Waals surface area (Å²) in [5.41, 5.74) is 8.37. The molecule has 164 valence electrons. The van der Waals surface area contributed by atoms with Gasteiger partial charge in [0.05, 0.1) is 16.7 Å². The van der Waals surface area contributed by atoms with Gasteiger partial charge in [-0.2, -0.15) is 0 Å². The standard InChI is InChI=1S/C29H32N2O/c1-16(2)22-14-23(17(3)4)27(24(15-22)18(5)6)26-13-11-21-9-8-20-10-12-25(19(7)32)30-28(20)29(21)31-26/h8-18H,1-7H3. The van der Waals surface area contributed by atoms with E-state index in [0.29, 0.717) is 23.4 Å². The monoisotopic (exact) mass is 424 g/mol. The highest BCUT2D eigenvalue weighted by molar-refractivity contribution is 6.05. The lowest BCUT2D eigenvalue weighted by Crippen LogP contribution is -2.05. The Hall–Kier alpha value is -3.07. The third-order valence-corrected chi connectivity index (χ3v) is 6.27. The van der Waals surface area contributed by atoms with Gasteiger partial charge in [0.2, 0.25) is 0 Å². The molecule has 0 saturated heterocycles. The Labute approximate surface area is 190 Å². The molecule has 0 N–H and O–H groups in total. The number of carbonyl (C=O) groups excluding carboxylic acids is 1. The molecular weight excluding hydrogens is 392 g/mol. The Morgan fingerprint density at radius 2 is 1.19 bits per heavy atom. The molecule has 0 aliphatic heterocycles. The zero-order chi connectivity index (χ0) is 23.2. The Morgan fingerprint density at radius 1 is 0.688 bits per heavy atom. The second-order valence-corrected chi connectivity index (χ2v) is 9.70. The first kappa shape index (κ1) is 22.1. The van der Waals surface area contributed by atoms with E-state index in [2.05, 4.69) is 76.9 Å². The van der Waals surface area contributed by atoms with Crippen molar-refractivity contribution in [2.45, 2.75) is 66.2 Å². The van der Waals surface area contributed by atoms with Gasteiger partial charge < -0.3 is 0 Å². The highest BCUT2D eigenvalue weighted by Crippen LogP contribution is 2.39. The third-order valence-electron chi connectivity index (χ3n) is 6.27. The van der Waals surface area contributed by atoms with E-state index in [9.17, 15) is 4.79 Å². The predicted molar refractivity (Wildman–Crippen MR) is 135 cm³/mol. The Bertz CT molecular complexity index is 1300. The number of pyridine rings is 2.